The van der Waals surface area contributed by atoms with E-state index >= 15 is 0 Å². The van der Waals surface area contributed by atoms with E-state index in [9.17, 15) is 9.50 Å². The van der Waals surface area contributed by atoms with Gasteiger partial charge in [-0.05, 0) is 44.0 Å². The Bertz CT molecular complexity index is 359. The maximum Gasteiger partial charge on any atom is 0.124 e. The lowest BCUT2D eigenvalue weighted by Gasteiger charge is -2.25. The van der Waals surface area contributed by atoms with Crippen molar-refractivity contribution in [1.29, 1.82) is 0 Å². The zero-order chi connectivity index (χ0) is 13.1. The molecule has 0 amide bonds. The van der Waals surface area contributed by atoms with Gasteiger partial charge in [-0.15, -0.1) is 0 Å². The van der Waals surface area contributed by atoms with Gasteiger partial charge in [0.25, 0.3) is 0 Å². The van der Waals surface area contributed by atoms with Gasteiger partial charge in [0, 0.05) is 18.0 Å². The van der Waals surface area contributed by atoms with Crippen LogP contribution in [0.4, 0.5) is 4.39 Å². The SMILES string of the molecule is COC(C)(C)CC(O)Cc1cc(F)cc(Br)c1. The largest absolute Gasteiger partial charge is 0.393 e. The summed E-state index contributed by atoms with van der Waals surface area (Å²) in [6, 6.07) is 4.65. The summed E-state index contributed by atoms with van der Waals surface area (Å²) in [7, 11) is 1.62. The van der Waals surface area contributed by atoms with Crippen molar-refractivity contribution in [2.75, 3.05) is 7.11 Å². The van der Waals surface area contributed by atoms with E-state index < -0.39 is 6.10 Å². The highest BCUT2D eigenvalue weighted by atomic mass is 79.9. The summed E-state index contributed by atoms with van der Waals surface area (Å²) >= 11 is 3.23. The van der Waals surface area contributed by atoms with Crippen LogP contribution in [0.25, 0.3) is 0 Å². The standard InChI is InChI=1S/C13H18BrFO2/c1-13(2,17-3)8-12(16)6-9-4-10(14)7-11(15)5-9/h4-5,7,12,16H,6,8H2,1-3H3. The molecule has 17 heavy (non-hydrogen) atoms. The van der Waals surface area contributed by atoms with Gasteiger partial charge in [0.2, 0.25) is 0 Å². The van der Waals surface area contributed by atoms with Gasteiger partial charge in [0.1, 0.15) is 5.82 Å². The summed E-state index contributed by atoms with van der Waals surface area (Å²) in [6.45, 7) is 3.83. The Morgan fingerprint density at radius 3 is 2.59 bits per heavy atom. The number of aliphatic hydroxyl groups is 1. The molecule has 1 aromatic rings. The van der Waals surface area contributed by atoms with Crippen LogP contribution in [-0.2, 0) is 11.2 Å². The topological polar surface area (TPSA) is 29.5 Å². The second-order valence-electron chi connectivity index (χ2n) is 4.80. The molecule has 0 aliphatic carbocycles. The lowest BCUT2D eigenvalue weighted by Crippen LogP contribution is -2.29. The minimum absolute atomic E-state index is 0.299. The van der Waals surface area contributed by atoms with Gasteiger partial charge in [0.05, 0.1) is 11.7 Å². The summed E-state index contributed by atoms with van der Waals surface area (Å²) < 4.78 is 19.1. The molecule has 0 aromatic heterocycles. The van der Waals surface area contributed by atoms with Crippen LogP contribution in [0, 0.1) is 5.82 Å². The van der Waals surface area contributed by atoms with Crippen molar-refractivity contribution in [2.45, 2.75) is 38.4 Å². The maximum atomic E-state index is 13.1. The van der Waals surface area contributed by atoms with Crippen LogP contribution in [0.3, 0.4) is 0 Å². The van der Waals surface area contributed by atoms with E-state index in [1.807, 2.05) is 19.9 Å². The molecule has 1 atom stereocenters. The molecule has 0 saturated heterocycles. The van der Waals surface area contributed by atoms with E-state index in [0.717, 1.165) is 5.56 Å². The molecule has 0 heterocycles. The fourth-order valence-electron chi connectivity index (χ4n) is 1.72. The predicted molar refractivity (Wildman–Crippen MR) is 69.5 cm³/mol. The van der Waals surface area contributed by atoms with E-state index in [-0.39, 0.29) is 11.4 Å². The number of ether oxygens (including phenoxy) is 1. The van der Waals surface area contributed by atoms with E-state index in [1.165, 1.54) is 12.1 Å². The molecule has 0 aliphatic heterocycles. The van der Waals surface area contributed by atoms with Gasteiger partial charge in [-0.25, -0.2) is 4.39 Å². The molecule has 2 nitrogen and oxygen atoms in total. The Hall–Kier alpha value is -0.450. The number of methoxy groups -OCH3 is 1. The van der Waals surface area contributed by atoms with E-state index in [4.69, 9.17) is 4.74 Å². The molecular formula is C13H18BrFO2. The summed E-state index contributed by atoms with van der Waals surface area (Å²) in [5.41, 5.74) is 0.403. The summed E-state index contributed by atoms with van der Waals surface area (Å²) in [6.07, 6.45) is 0.388. The van der Waals surface area contributed by atoms with Crippen molar-refractivity contribution in [2.24, 2.45) is 0 Å². The third kappa shape index (κ3) is 5.15. The van der Waals surface area contributed by atoms with Crippen molar-refractivity contribution >= 4 is 15.9 Å². The first-order chi connectivity index (χ1) is 7.82. The molecule has 4 heteroatoms. The minimum Gasteiger partial charge on any atom is -0.393 e. The highest BCUT2D eigenvalue weighted by Gasteiger charge is 2.21. The Kier molecular flexibility index (Phi) is 5.10. The minimum atomic E-state index is -0.543. The molecule has 1 N–H and O–H groups in total. The molecule has 96 valence electrons. The van der Waals surface area contributed by atoms with Gasteiger partial charge in [-0.1, -0.05) is 15.9 Å². The van der Waals surface area contributed by atoms with E-state index in [1.54, 1.807) is 7.11 Å². The molecule has 1 unspecified atom stereocenters. The van der Waals surface area contributed by atoms with Crippen molar-refractivity contribution in [1.82, 2.24) is 0 Å². The van der Waals surface area contributed by atoms with Crippen molar-refractivity contribution in [3.8, 4) is 0 Å². The van der Waals surface area contributed by atoms with Crippen LogP contribution < -0.4 is 0 Å². The van der Waals surface area contributed by atoms with E-state index in [2.05, 4.69) is 15.9 Å². The number of hydrogen-bond acceptors (Lipinski definition) is 2. The second kappa shape index (κ2) is 5.94. The van der Waals surface area contributed by atoms with Crippen LogP contribution >= 0.6 is 15.9 Å². The van der Waals surface area contributed by atoms with Crippen LogP contribution in [0.15, 0.2) is 22.7 Å². The first kappa shape index (κ1) is 14.6. The fourth-order valence-corrected chi connectivity index (χ4v) is 2.24. The molecule has 0 bridgehead atoms. The number of aliphatic hydroxyl groups excluding tert-OH is 1. The zero-order valence-electron chi connectivity index (χ0n) is 10.3. The normalized spacial score (nSPS) is 13.8. The number of hydrogen-bond donors (Lipinski definition) is 1. The third-order valence-corrected chi connectivity index (χ3v) is 3.13. The van der Waals surface area contributed by atoms with Crippen LogP contribution in [0.1, 0.15) is 25.8 Å². The molecule has 1 aromatic carbocycles. The average molecular weight is 305 g/mol. The Labute approximate surface area is 110 Å². The Morgan fingerprint density at radius 2 is 2.06 bits per heavy atom. The molecule has 0 fully saturated rings. The van der Waals surface area contributed by atoms with Gasteiger partial charge in [-0.3, -0.25) is 0 Å². The highest BCUT2D eigenvalue weighted by molar-refractivity contribution is 9.10. The Morgan fingerprint density at radius 1 is 1.41 bits per heavy atom. The maximum absolute atomic E-state index is 13.1. The van der Waals surface area contributed by atoms with Crippen LogP contribution in [0.5, 0.6) is 0 Å². The summed E-state index contributed by atoms with van der Waals surface area (Å²) in [5.74, 6) is -0.299. The molecule has 1 rings (SSSR count). The predicted octanol–water partition coefficient (Wildman–Crippen LogP) is 3.31. The van der Waals surface area contributed by atoms with Crippen molar-refractivity contribution in [3.63, 3.8) is 0 Å². The van der Waals surface area contributed by atoms with Gasteiger partial charge in [-0.2, -0.15) is 0 Å². The lowest BCUT2D eigenvalue weighted by atomic mass is 9.96. The summed E-state index contributed by atoms with van der Waals surface area (Å²) in [5, 5.41) is 9.93. The molecule has 0 radical (unpaired) electrons. The fraction of sp³-hybridized carbons (Fsp3) is 0.538. The van der Waals surface area contributed by atoms with Gasteiger partial charge >= 0.3 is 0 Å². The number of rotatable bonds is 5. The van der Waals surface area contributed by atoms with Gasteiger partial charge < -0.3 is 9.84 Å². The van der Waals surface area contributed by atoms with Gasteiger partial charge in [0.15, 0.2) is 0 Å². The third-order valence-electron chi connectivity index (χ3n) is 2.67. The number of benzene rings is 1. The molecule has 0 aliphatic rings. The molecule has 0 saturated carbocycles. The zero-order valence-corrected chi connectivity index (χ0v) is 11.9. The Balaban J connectivity index is 2.65. The molecular weight excluding hydrogens is 287 g/mol. The smallest absolute Gasteiger partial charge is 0.124 e. The van der Waals surface area contributed by atoms with Crippen LogP contribution in [0.2, 0.25) is 0 Å². The van der Waals surface area contributed by atoms with Crippen LogP contribution in [-0.4, -0.2) is 23.9 Å². The lowest BCUT2D eigenvalue weighted by molar-refractivity contribution is -0.0190. The molecule has 0 spiro atoms. The monoisotopic (exact) mass is 304 g/mol. The average Bonchev–Trinajstić information content (AvgIpc) is 2.14. The summed E-state index contributed by atoms with van der Waals surface area (Å²) in [4.78, 5) is 0. The quantitative estimate of drug-likeness (QED) is 0.904. The first-order valence-corrected chi connectivity index (χ1v) is 6.30. The van der Waals surface area contributed by atoms with Crippen molar-refractivity contribution < 1.29 is 14.2 Å². The van der Waals surface area contributed by atoms with E-state index in [0.29, 0.717) is 17.3 Å². The highest BCUT2D eigenvalue weighted by Crippen LogP contribution is 2.20. The first-order valence-electron chi connectivity index (χ1n) is 5.50. The van der Waals surface area contributed by atoms with Crippen molar-refractivity contribution in [3.05, 3.63) is 34.1 Å². The number of halogens is 2. The second-order valence-corrected chi connectivity index (χ2v) is 5.72.